The molecule has 2 rings (SSSR count). The SMILES string of the molecule is CCC(=O)c1ccc(C)c(OC(=O)c2ccccc2)c1. The molecule has 0 radical (unpaired) electrons. The predicted octanol–water partition coefficient (Wildman–Crippen LogP) is 3.81. The number of aryl methyl sites for hydroxylation is 1. The van der Waals surface area contributed by atoms with Gasteiger partial charge in [0.1, 0.15) is 5.75 Å². The zero-order chi connectivity index (χ0) is 14.5. The summed E-state index contributed by atoms with van der Waals surface area (Å²) >= 11 is 0. The normalized spacial score (nSPS) is 10.1. The molecule has 20 heavy (non-hydrogen) atoms. The second-order valence-corrected chi connectivity index (χ2v) is 4.51. The first-order valence-electron chi connectivity index (χ1n) is 6.53. The number of rotatable bonds is 4. The molecule has 3 nitrogen and oxygen atoms in total. The van der Waals surface area contributed by atoms with Gasteiger partial charge in [-0.05, 0) is 30.7 Å². The van der Waals surface area contributed by atoms with Crippen LogP contribution in [0.3, 0.4) is 0 Å². The first-order valence-corrected chi connectivity index (χ1v) is 6.53. The Morgan fingerprint density at radius 2 is 1.70 bits per heavy atom. The fourth-order valence-electron chi connectivity index (χ4n) is 1.82. The van der Waals surface area contributed by atoms with Crippen molar-refractivity contribution in [2.24, 2.45) is 0 Å². The minimum absolute atomic E-state index is 0.0296. The van der Waals surface area contributed by atoms with Crippen molar-refractivity contribution >= 4 is 11.8 Å². The first-order chi connectivity index (χ1) is 9.61. The van der Waals surface area contributed by atoms with Crippen LogP contribution in [0.4, 0.5) is 0 Å². The molecule has 0 saturated carbocycles. The van der Waals surface area contributed by atoms with Crippen LogP contribution < -0.4 is 4.74 Å². The molecular formula is C17H16O3. The largest absolute Gasteiger partial charge is 0.423 e. The zero-order valence-corrected chi connectivity index (χ0v) is 11.6. The Kier molecular flexibility index (Phi) is 4.31. The van der Waals surface area contributed by atoms with E-state index in [1.165, 1.54) is 0 Å². The summed E-state index contributed by atoms with van der Waals surface area (Å²) in [4.78, 5) is 23.7. The van der Waals surface area contributed by atoms with Gasteiger partial charge in [0.2, 0.25) is 0 Å². The molecular weight excluding hydrogens is 252 g/mol. The van der Waals surface area contributed by atoms with Gasteiger partial charge in [-0.25, -0.2) is 4.79 Å². The van der Waals surface area contributed by atoms with E-state index in [-0.39, 0.29) is 5.78 Å². The Bertz CT molecular complexity index is 630. The molecule has 0 heterocycles. The van der Waals surface area contributed by atoms with Gasteiger partial charge in [-0.1, -0.05) is 37.3 Å². The molecule has 0 unspecified atom stereocenters. The molecule has 2 aromatic rings. The standard InChI is InChI=1S/C17H16O3/c1-3-15(18)14-10-9-12(2)16(11-14)20-17(19)13-7-5-4-6-8-13/h4-11H,3H2,1-2H3. The van der Waals surface area contributed by atoms with E-state index in [1.807, 2.05) is 13.0 Å². The van der Waals surface area contributed by atoms with Gasteiger partial charge in [0.15, 0.2) is 5.78 Å². The van der Waals surface area contributed by atoms with E-state index < -0.39 is 5.97 Å². The molecule has 3 heteroatoms. The van der Waals surface area contributed by atoms with Crippen molar-refractivity contribution < 1.29 is 14.3 Å². The summed E-state index contributed by atoms with van der Waals surface area (Å²) in [7, 11) is 0. The molecule has 0 bridgehead atoms. The number of carbonyl (C=O) groups excluding carboxylic acids is 2. The lowest BCUT2D eigenvalue weighted by Gasteiger charge is -2.09. The molecule has 2 aromatic carbocycles. The Labute approximate surface area is 118 Å². The maximum absolute atomic E-state index is 12.0. The molecule has 0 aliphatic carbocycles. The quantitative estimate of drug-likeness (QED) is 0.481. The van der Waals surface area contributed by atoms with E-state index >= 15 is 0 Å². The third-order valence-corrected chi connectivity index (χ3v) is 3.04. The average molecular weight is 268 g/mol. The molecule has 102 valence electrons. The first kappa shape index (κ1) is 14.0. The van der Waals surface area contributed by atoms with Gasteiger partial charge in [-0.3, -0.25) is 4.79 Å². The topological polar surface area (TPSA) is 43.4 Å². The maximum atomic E-state index is 12.0. The minimum atomic E-state index is -0.421. The van der Waals surface area contributed by atoms with Crippen molar-refractivity contribution in [1.29, 1.82) is 0 Å². The lowest BCUT2D eigenvalue weighted by molar-refractivity contribution is 0.0732. The van der Waals surface area contributed by atoms with E-state index in [2.05, 4.69) is 0 Å². The van der Waals surface area contributed by atoms with Crippen LogP contribution in [0.2, 0.25) is 0 Å². The summed E-state index contributed by atoms with van der Waals surface area (Å²) in [5, 5.41) is 0. The minimum Gasteiger partial charge on any atom is -0.423 e. The maximum Gasteiger partial charge on any atom is 0.343 e. The summed E-state index contributed by atoms with van der Waals surface area (Å²) in [5.41, 5.74) is 1.87. The number of hydrogen-bond donors (Lipinski definition) is 0. The van der Waals surface area contributed by atoms with Gasteiger partial charge in [0.05, 0.1) is 5.56 Å². The molecule has 0 atom stereocenters. The summed E-state index contributed by atoms with van der Waals surface area (Å²) in [5.74, 6) is 0.0370. The van der Waals surface area contributed by atoms with Crippen molar-refractivity contribution in [3.63, 3.8) is 0 Å². The van der Waals surface area contributed by atoms with Crippen molar-refractivity contribution in [2.45, 2.75) is 20.3 Å². The number of ketones is 1. The van der Waals surface area contributed by atoms with E-state index in [0.29, 0.717) is 23.3 Å². The van der Waals surface area contributed by atoms with Gasteiger partial charge in [-0.2, -0.15) is 0 Å². The Morgan fingerprint density at radius 1 is 1.00 bits per heavy atom. The van der Waals surface area contributed by atoms with Crippen molar-refractivity contribution in [1.82, 2.24) is 0 Å². The molecule has 0 N–H and O–H groups in total. The number of carbonyl (C=O) groups is 2. The van der Waals surface area contributed by atoms with Crippen molar-refractivity contribution in [3.8, 4) is 5.75 Å². The third kappa shape index (κ3) is 3.12. The smallest absolute Gasteiger partial charge is 0.343 e. The Balaban J connectivity index is 2.25. The fourth-order valence-corrected chi connectivity index (χ4v) is 1.82. The van der Waals surface area contributed by atoms with Gasteiger partial charge in [-0.15, -0.1) is 0 Å². The van der Waals surface area contributed by atoms with E-state index in [1.54, 1.807) is 49.4 Å². The summed E-state index contributed by atoms with van der Waals surface area (Å²) in [6.07, 6.45) is 0.426. The average Bonchev–Trinajstić information content (AvgIpc) is 2.49. The van der Waals surface area contributed by atoms with E-state index in [9.17, 15) is 9.59 Å². The summed E-state index contributed by atoms with van der Waals surface area (Å²) in [6, 6.07) is 13.9. The number of hydrogen-bond acceptors (Lipinski definition) is 3. The van der Waals surface area contributed by atoms with Gasteiger partial charge >= 0.3 is 5.97 Å². The van der Waals surface area contributed by atoms with Crippen LogP contribution in [-0.2, 0) is 0 Å². The summed E-state index contributed by atoms with van der Waals surface area (Å²) in [6.45, 7) is 3.64. The van der Waals surface area contributed by atoms with Gasteiger partial charge in [0.25, 0.3) is 0 Å². The molecule has 0 aliphatic heterocycles. The molecule has 0 amide bonds. The number of Topliss-reactive ketones (excluding diaryl/α,β-unsaturated/α-hetero) is 1. The monoisotopic (exact) mass is 268 g/mol. The van der Waals surface area contributed by atoms with Crippen LogP contribution in [0.25, 0.3) is 0 Å². The molecule has 0 aliphatic rings. The number of ether oxygens (including phenoxy) is 1. The zero-order valence-electron chi connectivity index (χ0n) is 11.6. The van der Waals surface area contributed by atoms with Crippen molar-refractivity contribution in [3.05, 3.63) is 65.2 Å². The van der Waals surface area contributed by atoms with Crippen LogP contribution in [0.15, 0.2) is 48.5 Å². The van der Waals surface area contributed by atoms with Gasteiger partial charge in [0, 0.05) is 12.0 Å². The molecule has 0 saturated heterocycles. The predicted molar refractivity (Wildman–Crippen MR) is 77.2 cm³/mol. The van der Waals surface area contributed by atoms with Crippen LogP contribution in [-0.4, -0.2) is 11.8 Å². The third-order valence-electron chi connectivity index (χ3n) is 3.04. The van der Waals surface area contributed by atoms with Crippen LogP contribution >= 0.6 is 0 Å². The van der Waals surface area contributed by atoms with E-state index in [0.717, 1.165) is 5.56 Å². The molecule has 0 fully saturated rings. The van der Waals surface area contributed by atoms with Crippen LogP contribution in [0, 0.1) is 6.92 Å². The highest BCUT2D eigenvalue weighted by molar-refractivity contribution is 5.97. The second-order valence-electron chi connectivity index (χ2n) is 4.51. The van der Waals surface area contributed by atoms with Crippen LogP contribution in [0.5, 0.6) is 5.75 Å². The lowest BCUT2D eigenvalue weighted by atomic mass is 10.1. The second kappa shape index (κ2) is 6.15. The Hall–Kier alpha value is -2.42. The summed E-state index contributed by atoms with van der Waals surface area (Å²) < 4.78 is 5.38. The Morgan fingerprint density at radius 3 is 2.35 bits per heavy atom. The number of benzene rings is 2. The van der Waals surface area contributed by atoms with Crippen molar-refractivity contribution in [2.75, 3.05) is 0 Å². The highest BCUT2D eigenvalue weighted by Gasteiger charge is 2.12. The fraction of sp³-hybridized carbons (Fsp3) is 0.176. The highest BCUT2D eigenvalue weighted by atomic mass is 16.5. The van der Waals surface area contributed by atoms with Crippen LogP contribution in [0.1, 0.15) is 39.6 Å². The molecule has 0 spiro atoms. The van der Waals surface area contributed by atoms with E-state index in [4.69, 9.17) is 4.74 Å². The van der Waals surface area contributed by atoms with Gasteiger partial charge < -0.3 is 4.74 Å². The number of esters is 1. The highest BCUT2D eigenvalue weighted by Crippen LogP contribution is 2.21. The lowest BCUT2D eigenvalue weighted by Crippen LogP contribution is -2.09. The molecule has 0 aromatic heterocycles.